The molecule has 0 bridgehead atoms. The summed E-state index contributed by atoms with van der Waals surface area (Å²) in [7, 11) is 0. The largest absolute Gasteiger partial charge is 0.392 e. The zero-order chi connectivity index (χ0) is 8.81. The van der Waals surface area contributed by atoms with Crippen LogP contribution in [0, 0.1) is 12.3 Å². The predicted molar refractivity (Wildman–Crippen MR) is 50.3 cm³/mol. The van der Waals surface area contributed by atoms with Gasteiger partial charge in [0.2, 0.25) is 0 Å². The number of terminal acetylenes is 1. The maximum Gasteiger partial charge on any atom is 0.0627 e. The van der Waals surface area contributed by atoms with Crippen LogP contribution < -0.4 is 0 Å². The van der Waals surface area contributed by atoms with Crippen LogP contribution in [-0.2, 0) is 0 Å². The third-order valence-electron chi connectivity index (χ3n) is 1.54. The molecule has 1 heteroatoms. The van der Waals surface area contributed by atoms with Gasteiger partial charge in [0, 0.05) is 5.57 Å². The summed E-state index contributed by atoms with van der Waals surface area (Å²) >= 11 is 0. The molecule has 1 rings (SSSR count). The van der Waals surface area contributed by atoms with Crippen molar-refractivity contribution in [2.45, 2.75) is 0 Å². The molecular formula is C11H10O. The lowest BCUT2D eigenvalue weighted by atomic mass is 10.1. The quantitative estimate of drug-likeness (QED) is 0.649. The molecule has 12 heavy (non-hydrogen) atoms. The van der Waals surface area contributed by atoms with Crippen molar-refractivity contribution in [1.82, 2.24) is 0 Å². The van der Waals surface area contributed by atoms with Gasteiger partial charge in [-0.25, -0.2) is 0 Å². The Bertz CT molecular complexity index is 304. The molecule has 0 radical (unpaired) electrons. The summed E-state index contributed by atoms with van der Waals surface area (Å²) in [4.78, 5) is 0. The fourth-order valence-corrected chi connectivity index (χ4v) is 0.969. The van der Waals surface area contributed by atoms with Gasteiger partial charge in [0.1, 0.15) is 0 Å². The van der Waals surface area contributed by atoms with Crippen LogP contribution in [0.4, 0.5) is 0 Å². The van der Waals surface area contributed by atoms with Gasteiger partial charge in [0.05, 0.1) is 6.61 Å². The first-order chi connectivity index (χ1) is 5.88. The minimum Gasteiger partial charge on any atom is -0.392 e. The average molecular weight is 158 g/mol. The summed E-state index contributed by atoms with van der Waals surface area (Å²) in [6.45, 7) is -0.0194. The highest BCUT2D eigenvalue weighted by molar-refractivity contribution is 5.78. The second kappa shape index (κ2) is 4.38. The monoisotopic (exact) mass is 158 g/mol. The third kappa shape index (κ3) is 1.98. The summed E-state index contributed by atoms with van der Waals surface area (Å²) in [5, 5.41) is 8.66. The van der Waals surface area contributed by atoms with Crippen LogP contribution in [0.2, 0.25) is 0 Å². The summed E-state index contributed by atoms with van der Waals surface area (Å²) < 4.78 is 0. The highest BCUT2D eigenvalue weighted by Crippen LogP contribution is 2.11. The van der Waals surface area contributed by atoms with Crippen molar-refractivity contribution in [2.24, 2.45) is 0 Å². The lowest BCUT2D eigenvalue weighted by Crippen LogP contribution is -1.82. The van der Waals surface area contributed by atoms with Crippen molar-refractivity contribution in [3.8, 4) is 12.3 Å². The molecule has 1 N–H and O–H groups in total. The first-order valence-corrected chi connectivity index (χ1v) is 3.71. The van der Waals surface area contributed by atoms with Crippen molar-refractivity contribution in [3.05, 3.63) is 42.0 Å². The van der Waals surface area contributed by atoms with Gasteiger partial charge >= 0.3 is 0 Å². The van der Waals surface area contributed by atoms with Crippen LogP contribution in [0.1, 0.15) is 5.56 Å². The molecule has 1 nitrogen and oxygen atoms in total. The van der Waals surface area contributed by atoms with Crippen LogP contribution in [0.3, 0.4) is 0 Å². The third-order valence-corrected chi connectivity index (χ3v) is 1.54. The topological polar surface area (TPSA) is 20.2 Å². The molecule has 0 spiro atoms. The SMILES string of the molecule is C#C/C(=C\CO)c1ccccc1. The van der Waals surface area contributed by atoms with E-state index >= 15 is 0 Å². The van der Waals surface area contributed by atoms with E-state index in [4.69, 9.17) is 11.5 Å². The fraction of sp³-hybridized carbons (Fsp3) is 0.0909. The van der Waals surface area contributed by atoms with E-state index in [0.29, 0.717) is 0 Å². The number of benzene rings is 1. The molecule has 0 fully saturated rings. The van der Waals surface area contributed by atoms with Gasteiger partial charge in [-0.05, 0) is 11.6 Å². The van der Waals surface area contributed by atoms with E-state index in [-0.39, 0.29) is 6.61 Å². The molecule has 0 aliphatic carbocycles. The zero-order valence-electron chi connectivity index (χ0n) is 6.70. The molecule has 0 atom stereocenters. The molecule has 0 aromatic heterocycles. The van der Waals surface area contributed by atoms with E-state index in [2.05, 4.69) is 5.92 Å². The van der Waals surface area contributed by atoms with Gasteiger partial charge in [-0.1, -0.05) is 36.3 Å². The van der Waals surface area contributed by atoms with E-state index in [9.17, 15) is 0 Å². The first-order valence-electron chi connectivity index (χ1n) is 3.71. The van der Waals surface area contributed by atoms with Gasteiger partial charge in [-0.2, -0.15) is 0 Å². The van der Waals surface area contributed by atoms with Crippen LogP contribution in [0.25, 0.3) is 5.57 Å². The van der Waals surface area contributed by atoms with Crippen molar-refractivity contribution >= 4 is 5.57 Å². The number of aliphatic hydroxyl groups is 1. The van der Waals surface area contributed by atoms with Crippen molar-refractivity contribution < 1.29 is 5.11 Å². The molecule has 0 saturated heterocycles. The molecule has 1 aromatic rings. The standard InChI is InChI=1S/C11H10O/c1-2-10(8-9-12)11-6-4-3-5-7-11/h1,3-8,12H,9H2/b10-8+. The molecule has 1 aromatic carbocycles. The number of hydrogen-bond acceptors (Lipinski definition) is 1. The Kier molecular flexibility index (Phi) is 3.13. The van der Waals surface area contributed by atoms with Crippen molar-refractivity contribution in [1.29, 1.82) is 0 Å². The minimum absolute atomic E-state index is 0.0194. The van der Waals surface area contributed by atoms with Crippen LogP contribution in [-0.4, -0.2) is 11.7 Å². The molecule has 0 unspecified atom stereocenters. The second-order valence-corrected chi connectivity index (χ2v) is 2.31. The molecule has 0 aliphatic heterocycles. The maximum atomic E-state index is 8.66. The number of hydrogen-bond donors (Lipinski definition) is 1. The van der Waals surface area contributed by atoms with Gasteiger partial charge in [0.25, 0.3) is 0 Å². The normalized spacial score (nSPS) is 10.8. The summed E-state index contributed by atoms with van der Waals surface area (Å²) in [6, 6.07) is 9.59. The number of rotatable bonds is 2. The van der Waals surface area contributed by atoms with Crippen molar-refractivity contribution in [3.63, 3.8) is 0 Å². The minimum atomic E-state index is -0.0194. The van der Waals surface area contributed by atoms with E-state index in [1.807, 2.05) is 30.3 Å². The van der Waals surface area contributed by atoms with Gasteiger partial charge in [-0.3, -0.25) is 0 Å². The Morgan fingerprint density at radius 2 is 2.08 bits per heavy atom. The van der Waals surface area contributed by atoms with Crippen LogP contribution in [0.5, 0.6) is 0 Å². The lowest BCUT2D eigenvalue weighted by molar-refractivity contribution is 0.343. The lowest BCUT2D eigenvalue weighted by Gasteiger charge is -1.97. The number of aliphatic hydroxyl groups excluding tert-OH is 1. The Morgan fingerprint density at radius 1 is 1.42 bits per heavy atom. The van der Waals surface area contributed by atoms with E-state index < -0.39 is 0 Å². The highest BCUT2D eigenvalue weighted by atomic mass is 16.2. The van der Waals surface area contributed by atoms with Gasteiger partial charge in [0.15, 0.2) is 0 Å². The van der Waals surface area contributed by atoms with E-state index in [1.54, 1.807) is 6.08 Å². The van der Waals surface area contributed by atoms with Crippen molar-refractivity contribution in [2.75, 3.05) is 6.61 Å². The first kappa shape index (κ1) is 8.58. The predicted octanol–water partition coefficient (Wildman–Crippen LogP) is 1.70. The molecule has 0 saturated carbocycles. The van der Waals surface area contributed by atoms with Gasteiger partial charge < -0.3 is 5.11 Å². The molecular weight excluding hydrogens is 148 g/mol. The Balaban J connectivity index is 2.98. The Labute approximate surface area is 72.4 Å². The van der Waals surface area contributed by atoms with Crippen LogP contribution >= 0.6 is 0 Å². The Hall–Kier alpha value is -1.52. The molecule has 0 aliphatic rings. The van der Waals surface area contributed by atoms with Crippen LogP contribution in [0.15, 0.2) is 36.4 Å². The average Bonchev–Trinajstić information content (AvgIpc) is 2.15. The van der Waals surface area contributed by atoms with E-state index in [1.165, 1.54) is 0 Å². The molecule has 0 amide bonds. The summed E-state index contributed by atoms with van der Waals surface area (Å²) in [5.74, 6) is 2.52. The number of allylic oxidation sites excluding steroid dienone is 1. The molecule has 60 valence electrons. The summed E-state index contributed by atoms with van der Waals surface area (Å²) in [6.07, 6.45) is 6.88. The fourth-order valence-electron chi connectivity index (χ4n) is 0.969. The Morgan fingerprint density at radius 3 is 2.58 bits per heavy atom. The molecule has 0 heterocycles. The smallest absolute Gasteiger partial charge is 0.0627 e. The maximum absolute atomic E-state index is 8.66. The highest BCUT2D eigenvalue weighted by Gasteiger charge is 1.94. The van der Waals surface area contributed by atoms with Gasteiger partial charge in [-0.15, -0.1) is 6.42 Å². The second-order valence-electron chi connectivity index (χ2n) is 2.31. The summed E-state index contributed by atoms with van der Waals surface area (Å²) in [5.41, 5.74) is 1.70. The zero-order valence-corrected chi connectivity index (χ0v) is 6.70. The van der Waals surface area contributed by atoms with E-state index in [0.717, 1.165) is 11.1 Å².